The van der Waals surface area contributed by atoms with Gasteiger partial charge in [-0.25, -0.2) is 4.68 Å². The molecule has 3 heterocycles. The molecule has 13 heteroatoms. The summed E-state index contributed by atoms with van der Waals surface area (Å²) in [5, 5.41) is 39.1. The summed E-state index contributed by atoms with van der Waals surface area (Å²) < 4.78 is 31.6. The number of aliphatic hydroxyl groups is 2. The zero-order valence-corrected chi connectivity index (χ0v) is 35.4. The predicted molar refractivity (Wildman–Crippen MR) is 207 cm³/mol. The Morgan fingerprint density at radius 1 is 0.965 bits per heavy atom. The molecule has 0 amide bonds. The molecule has 2 aliphatic heterocycles. The Morgan fingerprint density at radius 3 is 2.42 bits per heavy atom. The fraction of sp³-hybridized carbons (Fsp3) is 0.864. The zero-order valence-electron chi connectivity index (χ0n) is 35.4. The minimum atomic E-state index is -1.18. The van der Waals surface area contributed by atoms with E-state index in [0.717, 1.165) is 69.8 Å². The molecule has 318 valence electrons. The second-order valence-electron chi connectivity index (χ2n) is 21.0. The van der Waals surface area contributed by atoms with Gasteiger partial charge >= 0.3 is 11.9 Å². The van der Waals surface area contributed by atoms with Crippen molar-refractivity contribution in [3.63, 3.8) is 0 Å². The first-order valence-electron chi connectivity index (χ1n) is 21.6. The summed E-state index contributed by atoms with van der Waals surface area (Å²) in [5.41, 5.74) is 1.03. The van der Waals surface area contributed by atoms with E-state index in [1.807, 2.05) is 0 Å². The molecule has 57 heavy (non-hydrogen) atoms. The van der Waals surface area contributed by atoms with Crippen LogP contribution in [0.1, 0.15) is 125 Å². The Hall–Kier alpha value is -2.42. The lowest BCUT2D eigenvalue weighted by atomic mass is 9.32. The number of esters is 1. The van der Waals surface area contributed by atoms with Gasteiger partial charge in [-0.1, -0.05) is 52.0 Å². The van der Waals surface area contributed by atoms with Crippen molar-refractivity contribution in [1.29, 1.82) is 0 Å². The van der Waals surface area contributed by atoms with E-state index in [9.17, 15) is 24.9 Å². The van der Waals surface area contributed by atoms with Crippen LogP contribution in [-0.4, -0.2) is 91.5 Å². The van der Waals surface area contributed by atoms with Crippen LogP contribution in [0.15, 0.2) is 18.3 Å². The topological polar surface area (TPSA) is 172 Å². The van der Waals surface area contributed by atoms with Crippen molar-refractivity contribution in [1.82, 2.24) is 15.0 Å². The lowest BCUT2D eigenvalue weighted by Gasteiger charge is -2.72. The highest BCUT2D eigenvalue weighted by atomic mass is 16.8. The van der Waals surface area contributed by atoms with Crippen LogP contribution in [0.3, 0.4) is 0 Å². The molecule has 3 N–H and O–H groups in total. The quantitative estimate of drug-likeness (QED) is 0.185. The zero-order chi connectivity index (χ0) is 41.1. The highest BCUT2D eigenvalue weighted by molar-refractivity contribution is 5.76. The van der Waals surface area contributed by atoms with Gasteiger partial charge < -0.3 is 39.0 Å². The van der Waals surface area contributed by atoms with Crippen LogP contribution in [0.4, 0.5) is 0 Å². The van der Waals surface area contributed by atoms with Crippen molar-refractivity contribution in [2.45, 2.75) is 175 Å². The van der Waals surface area contributed by atoms with E-state index in [2.05, 4.69) is 58.4 Å². The smallest absolute Gasteiger partial charge is 0.328 e. The summed E-state index contributed by atoms with van der Waals surface area (Å²) in [7, 11) is 0. The highest BCUT2D eigenvalue weighted by Gasteiger charge is 2.72. The molecule has 2 saturated heterocycles. The third-order valence-corrected chi connectivity index (χ3v) is 17.6. The Balaban J connectivity index is 0.917. The minimum absolute atomic E-state index is 0.0239. The molecule has 7 aliphatic rings. The number of allylic oxidation sites excluding steroid dienone is 1. The van der Waals surface area contributed by atoms with Crippen LogP contribution >= 0.6 is 0 Å². The van der Waals surface area contributed by atoms with Gasteiger partial charge in [0, 0.05) is 5.41 Å². The number of carbonyl (C=O) groups excluding carboxylic acids is 1. The summed E-state index contributed by atoms with van der Waals surface area (Å²) in [6, 6.07) is 0. The van der Waals surface area contributed by atoms with Crippen molar-refractivity contribution >= 4 is 11.9 Å². The van der Waals surface area contributed by atoms with Gasteiger partial charge in [-0.15, -0.1) is 5.10 Å². The molecule has 7 fully saturated rings. The Bertz CT molecular complexity index is 1750. The highest BCUT2D eigenvalue weighted by Crippen LogP contribution is 2.77. The number of carboxylic acid groups (broad SMARTS) is 1. The van der Waals surface area contributed by atoms with E-state index in [-0.39, 0.29) is 58.7 Å². The average molecular weight is 798 g/mol. The fourth-order valence-corrected chi connectivity index (χ4v) is 14.8. The van der Waals surface area contributed by atoms with E-state index in [1.165, 1.54) is 4.68 Å². The minimum Gasteiger partial charge on any atom is -0.481 e. The number of hydrogen-bond acceptors (Lipinski definition) is 11. The van der Waals surface area contributed by atoms with Gasteiger partial charge in [-0.3, -0.25) is 9.59 Å². The molecule has 13 nitrogen and oxygen atoms in total. The standard InChI is InChI=1S/C44H67N3O10/c1-24(2)26-12-17-44(38(51)52)19-18-42(8)27(33(26)44)10-11-30-41(7)15-14-31(39(3,4)29(41)13-16-43(30,42)9)54-32(50)21-47-20-25(45-46-47)23-53-35-34(28(49)22-48)55-37-36(35)56-40(5,6)57-37/h20,26-31,33-37,48-49H,1,10-19,21-23H2,2-9H3,(H,51,52)/t26-,27+,28+,29-,30+,31-,33+,34+,35-,36+,37+,41-,42+,43+,44-/m0/s1. The number of fused-ring (bicyclic) bond motifs is 8. The molecule has 5 saturated carbocycles. The largest absolute Gasteiger partial charge is 0.481 e. The lowest BCUT2D eigenvalue weighted by Crippen LogP contribution is -2.67. The maximum absolute atomic E-state index is 13.6. The number of aliphatic hydroxyl groups excluding tert-OH is 2. The molecule has 1 aromatic heterocycles. The number of nitrogens with zero attached hydrogens (tertiary/aromatic N) is 3. The van der Waals surface area contributed by atoms with Crippen molar-refractivity contribution < 1.29 is 48.6 Å². The SMILES string of the molecule is C=C(C)[C@@H]1CC[C@]2(C(=O)O)CC[C@]3(C)[C@H](CC[C@@H]4[C@@]5(C)CC[C@H](OC(=O)Cn6cc(CO[C@@H]7[C@H]8OC(C)(C)O[C@H]8O[C@@H]7[C@H](O)CO)nn6)C(C)(C)[C@@H]5CC[C@]43C)[C@@H]12. The van der Waals surface area contributed by atoms with Crippen LogP contribution in [-0.2, 0) is 46.4 Å². The van der Waals surface area contributed by atoms with Crippen LogP contribution in [0.25, 0.3) is 0 Å². The van der Waals surface area contributed by atoms with Gasteiger partial charge in [-0.2, -0.15) is 0 Å². The van der Waals surface area contributed by atoms with E-state index in [0.29, 0.717) is 23.4 Å². The number of rotatable bonds is 10. The lowest BCUT2D eigenvalue weighted by molar-refractivity contribution is -0.250. The molecular weight excluding hydrogens is 730 g/mol. The molecule has 0 bridgehead atoms. The van der Waals surface area contributed by atoms with Crippen LogP contribution in [0.2, 0.25) is 0 Å². The van der Waals surface area contributed by atoms with Crippen LogP contribution < -0.4 is 0 Å². The van der Waals surface area contributed by atoms with Gasteiger partial charge in [0.15, 0.2) is 12.1 Å². The second-order valence-corrected chi connectivity index (χ2v) is 21.0. The number of aromatic nitrogens is 3. The summed E-state index contributed by atoms with van der Waals surface area (Å²) >= 11 is 0. The van der Waals surface area contributed by atoms with Gasteiger partial charge in [0.1, 0.15) is 42.8 Å². The summed E-state index contributed by atoms with van der Waals surface area (Å²) in [6.45, 7) is 21.7. The number of aliphatic carboxylic acids is 1. The van der Waals surface area contributed by atoms with Crippen molar-refractivity contribution in [3.05, 3.63) is 24.0 Å². The number of carboxylic acids is 1. The summed E-state index contributed by atoms with van der Waals surface area (Å²) in [4.78, 5) is 26.6. The van der Waals surface area contributed by atoms with Gasteiger partial charge in [0.25, 0.3) is 0 Å². The normalized spacial score (nSPS) is 45.9. The molecule has 1 aromatic rings. The van der Waals surface area contributed by atoms with Crippen LogP contribution in [0, 0.1) is 56.7 Å². The monoisotopic (exact) mass is 797 g/mol. The molecule has 5 aliphatic carbocycles. The first-order chi connectivity index (χ1) is 26.7. The van der Waals surface area contributed by atoms with E-state index in [4.69, 9.17) is 23.7 Å². The summed E-state index contributed by atoms with van der Waals surface area (Å²) in [6.07, 6.45) is 6.96. The number of ether oxygens (including phenoxy) is 5. The van der Waals surface area contributed by atoms with Gasteiger partial charge in [0.05, 0.1) is 24.8 Å². The first kappa shape index (κ1) is 41.3. The van der Waals surface area contributed by atoms with Crippen molar-refractivity contribution in [2.75, 3.05) is 6.61 Å². The average Bonchev–Trinajstić information content (AvgIpc) is 3.90. The van der Waals surface area contributed by atoms with Crippen molar-refractivity contribution in [3.8, 4) is 0 Å². The molecule has 0 spiro atoms. The van der Waals surface area contributed by atoms with E-state index >= 15 is 0 Å². The molecule has 0 unspecified atom stereocenters. The van der Waals surface area contributed by atoms with Crippen molar-refractivity contribution in [2.24, 2.45) is 56.7 Å². The second kappa shape index (κ2) is 14.1. The van der Waals surface area contributed by atoms with Gasteiger partial charge in [-0.05, 0) is 131 Å². The van der Waals surface area contributed by atoms with Crippen LogP contribution in [0.5, 0.6) is 0 Å². The van der Waals surface area contributed by atoms with Gasteiger partial charge in [0.2, 0.25) is 0 Å². The third-order valence-electron chi connectivity index (χ3n) is 17.6. The number of hydrogen-bond donors (Lipinski definition) is 3. The number of carbonyl (C=O) groups is 2. The maximum atomic E-state index is 13.6. The Morgan fingerprint density at radius 2 is 1.72 bits per heavy atom. The predicted octanol–water partition coefficient (Wildman–Crippen LogP) is 6.05. The Labute approximate surface area is 337 Å². The molecule has 8 rings (SSSR count). The molecule has 0 aromatic carbocycles. The summed E-state index contributed by atoms with van der Waals surface area (Å²) in [5.74, 6) is -0.101. The Kier molecular flexibility index (Phi) is 10.2. The third kappa shape index (κ3) is 6.29. The molecular formula is C44H67N3O10. The molecule has 0 radical (unpaired) electrons. The van der Waals surface area contributed by atoms with E-state index in [1.54, 1.807) is 20.0 Å². The molecule has 15 atom stereocenters. The van der Waals surface area contributed by atoms with E-state index < -0.39 is 54.5 Å². The fourth-order valence-electron chi connectivity index (χ4n) is 14.8. The maximum Gasteiger partial charge on any atom is 0.328 e. The first-order valence-corrected chi connectivity index (χ1v) is 21.6.